The van der Waals surface area contributed by atoms with E-state index in [9.17, 15) is 4.79 Å². The number of rotatable bonds is 3. The Kier molecular flexibility index (Phi) is 4.05. The highest BCUT2D eigenvalue weighted by Crippen LogP contribution is 2.37. The molecule has 0 N–H and O–H groups in total. The zero-order valence-corrected chi connectivity index (χ0v) is 11.1. The molecule has 1 fully saturated rings. The lowest BCUT2D eigenvalue weighted by atomic mass is 10.1. The van der Waals surface area contributed by atoms with Crippen molar-refractivity contribution in [2.24, 2.45) is 5.92 Å². The average Bonchev–Trinajstić information content (AvgIpc) is 2.78. The number of hydrogen-bond donors (Lipinski definition) is 0. The molecule has 1 atom stereocenters. The largest absolute Gasteiger partial charge is 0.326 e. The third-order valence-corrected chi connectivity index (χ3v) is 4.02. The van der Waals surface area contributed by atoms with Crippen molar-refractivity contribution in [2.75, 3.05) is 12.3 Å². The highest BCUT2D eigenvalue weighted by molar-refractivity contribution is 7.99. The molecule has 1 aromatic heterocycles. The number of nitrogens with zero attached hydrogens (tertiary/aromatic N) is 2. The number of carbonyl (C=O) groups is 1. The zero-order chi connectivity index (χ0) is 12.3. The second-order valence-electron chi connectivity index (χ2n) is 4.69. The first kappa shape index (κ1) is 12.4. The van der Waals surface area contributed by atoms with Crippen LogP contribution in [-0.2, 0) is 4.79 Å². The van der Waals surface area contributed by atoms with E-state index in [-0.39, 0.29) is 11.3 Å². The molecule has 92 valence electrons. The summed E-state index contributed by atoms with van der Waals surface area (Å²) in [5.74, 6) is 1.70. The minimum Gasteiger partial charge on any atom is -0.326 e. The maximum absolute atomic E-state index is 12.1. The Balaban J connectivity index is 2.10. The highest BCUT2D eigenvalue weighted by atomic mass is 32.2. The Labute approximate surface area is 107 Å². The fraction of sp³-hybridized carbons (Fsp3) is 0.538. The molecule has 17 heavy (non-hydrogen) atoms. The number of amides is 1. The normalized spacial score (nSPS) is 19.9. The lowest BCUT2D eigenvalue weighted by Gasteiger charge is -2.24. The Morgan fingerprint density at radius 3 is 3.12 bits per heavy atom. The molecule has 1 aliphatic heterocycles. The lowest BCUT2D eigenvalue weighted by Crippen LogP contribution is -2.31. The summed E-state index contributed by atoms with van der Waals surface area (Å²) < 4.78 is 0. The molecule has 0 aromatic carbocycles. The minimum absolute atomic E-state index is 0.162. The summed E-state index contributed by atoms with van der Waals surface area (Å²) in [5, 5.41) is 0.162. The summed E-state index contributed by atoms with van der Waals surface area (Å²) >= 11 is 1.82. The third-order valence-electron chi connectivity index (χ3n) is 2.76. The summed E-state index contributed by atoms with van der Waals surface area (Å²) in [6, 6.07) is 3.98. The van der Waals surface area contributed by atoms with Gasteiger partial charge >= 0.3 is 0 Å². The van der Waals surface area contributed by atoms with Gasteiger partial charge in [0.15, 0.2) is 0 Å². The molecule has 2 rings (SSSR count). The van der Waals surface area contributed by atoms with Crippen LogP contribution in [0.25, 0.3) is 0 Å². The van der Waals surface area contributed by atoms with Crippen molar-refractivity contribution in [1.82, 2.24) is 9.88 Å². The predicted molar refractivity (Wildman–Crippen MR) is 70.6 cm³/mol. The van der Waals surface area contributed by atoms with Crippen molar-refractivity contribution in [3.63, 3.8) is 0 Å². The van der Waals surface area contributed by atoms with Crippen LogP contribution < -0.4 is 0 Å². The van der Waals surface area contributed by atoms with Gasteiger partial charge in [0.25, 0.3) is 0 Å². The topological polar surface area (TPSA) is 33.2 Å². The van der Waals surface area contributed by atoms with Gasteiger partial charge in [0.05, 0.1) is 0 Å². The van der Waals surface area contributed by atoms with Crippen molar-refractivity contribution in [1.29, 1.82) is 0 Å². The first-order valence-corrected chi connectivity index (χ1v) is 7.04. The quantitative estimate of drug-likeness (QED) is 0.827. The predicted octanol–water partition coefficient (Wildman–Crippen LogP) is 2.70. The molecule has 0 radical (unpaired) electrons. The van der Waals surface area contributed by atoms with Crippen LogP contribution in [0.1, 0.15) is 31.2 Å². The summed E-state index contributed by atoms with van der Waals surface area (Å²) in [7, 11) is 0. The molecule has 0 spiro atoms. The second kappa shape index (κ2) is 5.54. The minimum atomic E-state index is 0.162. The van der Waals surface area contributed by atoms with Crippen LogP contribution in [-0.4, -0.2) is 28.1 Å². The molecule has 0 saturated carbocycles. The smallest absolute Gasteiger partial charge is 0.224 e. The van der Waals surface area contributed by atoms with E-state index in [1.54, 1.807) is 6.20 Å². The fourth-order valence-electron chi connectivity index (χ4n) is 1.99. The molecule has 1 unspecified atom stereocenters. The molecular weight excluding hydrogens is 232 g/mol. The van der Waals surface area contributed by atoms with Crippen molar-refractivity contribution < 1.29 is 4.79 Å². The van der Waals surface area contributed by atoms with Crippen LogP contribution in [0.15, 0.2) is 24.5 Å². The molecular formula is C13H18N2OS. The Morgan fingerprint density at radius 1 is 1.65 bits per heavy atom. The van der Waals surface area contributed by atoms with Gasteiger partial charge in [0.2, 0.25) is 5.91 Å². The van der Waals surface area contributed by atoms with Gasteiger partial charge in [-0.2, -0.15) is 0 Å². The number of thioether (sulfide) groups is 1. The van der Waals surface area contributed by atoms with Gasteiger partial charge in [-0.05, 0) is 12.0 Å². The molecule has 1 saturated heterocycles. The van der Waals surface area contributed by atoms with E-state index in [2.05, 4.69) is 18.8 Å². The maximum atomic E-state index is 12.1. The Morgan fingerprint density at radius 2 is 2.47 bits per heavy atom. The summed E-state index contributed by atoms with van der Waals surface area (Å²) in [4.78, 5) is 18.3. The molecule has 0 aliphatic carbocycles. The van der Waals surface area contributed by atoms with Gasteiger partial charge in [-0.15, -0.1) is 11.8 Å². The summed E-state index contributed by atoms with van der Waals surface area (Å²) in [6.07, 6.45) is 4.26. The fourth-order valence-corrected chi connectivity index (χ4v) is 3.25. The van der Waals surface area contributed by atoms with Crippen molar-refractivity contribution in [3.05, 3.63) is 30.1 Å². The van der Waals surface area contributed by atoms with Crippen LogP contribution >= 0.6 is 11.8 Å². The van der Waals surface area contributed by atoms with Crippen LogP contribution in [0.5, 0.6) is 0 Å². The molecule has 1 aliphatic rings. The standard InChI is InChI=1S/C13H18N2OS/c1-10(2)8-12(16)15-6-7-17-13(15)11-4-3-5-14-9-11/h3-5,9-10,13H,6-8H2,1-2H3. The van der Waals surface area contributed by atoms with Crippen LogP contribution in [0.4, 0.5) is 0 Å². The maximum Gasteiger partial charge on any atom is 0.224 e. The van der Waals surface area contributed by atoms with E-state index in [1.807, 2.05) is 35.0 Å². The number of carbonyl (C=O) groups excluding carboxylic acids is 1. The highest BCUT2D eigenvalue weighted by Gasteiger charge is 2.30. The SMILES string of the molecule is CC(C)CC(=O)N1CCSC1c1cccnc1. The first-order chi connectivity index (χ1) is 8.18. The monoisotopic (exact) mass is 250 g/mol. The molecule has 3 nitrogen and oxygen atoms in total. The van der Waals surface area contributed by atoms with Crippen molar-refractivity contribution in [3.8, 4) is 0 Å². The Hall–Kier alpha value is -1.03. The van der Waals surface area contributed by atoms with E-state index in [0.29, 0.717) is 12.3 Å². The summed E-state index contributed by atoms with van der Waals surface area (Å²) in [6.45, 7) is 5.02. The van der Waals surface area contributed by atoms with Crippen molar-refractivity contribution in [2.45, 2.75) is 25.6 Å². The van der Waals surface area contributed by atoms with Crippen LogP contribution in [0, 0.1) is 5.92 Å². The van der Waals surface area contributed by atoms with Crippen LogP contribution in [0.2, 0.25) is 0 Å². The number of hydrogen-bond acceptors (Lipinski definition) is 3. The second-order valence-corrected chi connectivity index (χ2v) is 5.88. The van der Waals surface area contributed by atoms with E-state index in [0.717, 1.165) is 17.9 Å². The van der Waals surface area contributed by atoms with E-state index in [4.69, 9.17) is 0 Å². The van der Waals surface area contributed by atoms with Gasteiger partial charge in [-0.25, -0.2) is 0 Å². The number of pyridine rings is 1. The number of aromatic nitrogens is 1. The first-order valence-electron chi connectivity index (χ1n) is 5.99. The van der Waals surface area contributed by atoms with Gasteiger partial charge < -0.3 is 4.90 Å². The molecule has 2 heterocycles. The lowest BCUT2D eigenvalue weighted by molar-refractivity contribution is -0.132. The van der Waals surface area contributed by atoms with E-state index < -0.39 is 0 Å². The van der Waals surface area contributed by atoms with E-state index >= 15 is 0 Å². The Bertz CT molecular complexity index is 380. The van der Waals surface area contributed by atoms with Crippen molar-refractivity contribution >= 4 is 17.7 Å². The summed E-state index contributed by atoms with van der Waals surface area (Å²) in [5.41, 5.74) is 1.13. The molecule has 0 bridgehead atoms. The molecule has 4 heteroatoms. The van der Waals surface area contributed by atoms with Crippen LogP contribution in [0.3, 0.4) is 0 Å². The average molecular weight is 250 g/mol. The molecule has 1 amide bonds. The van der Waals surface area contributed by atoms with Gasteiger partial charge in [-0.1, -0.05) is 19.9 Å². The van der Waals surface area contributed by atoms with E-state index in [1.165, 1.54) is 0 Å². The zero-order valence-electron chi connectivity index (χ0n) is 10.3. The van der Waals surface area contributed by atoms with Gasteiger partial charge in [0.1, 0.15) is 5.37 Å². The van der Waals surface area contributed by atoms with Gasteiger partial charge in [0, 0.05) is 36.7 Å². The van der Waals surface area contributed by atoms with Gasteiger partial charge in [-0.3, -0.25) is 9.78 Å². The molecule has 1 aromatic rings. The third kappa shape index (κ3) is 3.00.